The number of fused-ring (bicyclic) bond motifs is 1. The lowest BCUT2D eigenvalue weighted by Gasteiger charge is -2.11. The highest BCUT2D eigenvalue weighted by molar-refractivity contribution is 9.10. The van der Waals surface area contributed by atoms with E-state index in [4.69, 9.17) is 9.26 Å². The highest BCUT2D eigenvalue weighted by Crippen LogP contribution is 2.29. The molecular formula is C25H18BrN3O3. The van der Waals surface area contributed by atoms with Crippen molar-refractivity contribution in [3.63, 3.8) is 0 Å². The Hall–Kier alpha value is -3.71. The first-order chi connectivity index (χ1) is 15.6. The molecule has 0 unspecified atom stereocenters. The largest absolute Gasteiger partial charge is 0.494 e. The zero-order valence-electron chi connectivity index (χ0n) is 17.2. The van der Waals surface area contributed by atoms with Crippen molar-refractivity contribution in [1.29, 1.82) is 0 Å². The second-order valence-corrected chi connectivity index (χ2v) is 8.04. The second kappa shape index (κ2) is 8.43. The van der Waals surface area contributed by atoms with Gasteiger partial charge < -0.3 is 9.26 Å². The Morgan fingerprint density at radius 2 is 1.78 bits per heavy atom. The lowest BCUT2D eigenvalue weighted by atomic mass is 10.1. The number of halogens is 1. The lowest BCUT2D eigenvalue weighted by Crippen LogP contribution is -2.18. The Balaban J connectivity index is 1.67. The smallest absolute Gasteiger partial charge is 0.262 e. The fourth-order valence-electron chi connectivity index (χ4n) is 3.60. The third-order valence-electron chi connectivity index (χ3n) is 5.09. The Morgan fingerprint density at radius 1 is 1.00 bits per heavy atom. The number of rotatable bonds is 5. The van der Waals surface area contributed by atoms with Crippen LogP contribution in [0.3, 0.4) is 0 Å². The third kappa shape index (κ3) is 3.71. The molecule has 5 rings (SSSR count). The van der Waals surface area contributed by atoms with Gasteiger partial charge in [-0.2, -0.15) is 4.98 Å². The van der Waals surface area contributed by atoms with Crippen LogP contribution in [0.2, 0.25) is 0 Å². The van der Waals surface area contributed by atoms with Crippen LogP contribution >= 0.6 is 15.9 Å². The van der Waals surface area contributed by atoms with E-state index >= 15 is 0 Å². The summed E-state index contributed by atoms with van der Waals surface area (Å²) < 4.78 is 13.7. The van der Waals surface area contributed by atoms with E-state index in [2.05, 4.69) is 26.1 Å². The van der Waals surface area contributed by atoms with Crippen LogP contribution in [-0.2, 0) is 0 Å². The molecule has 0 saturated heterocycles. The van der Waals surface area contributed by atoms with Crippen LogP contribution in [0.5, 0.6) is 5.75 Å². The summed E-state index contributed by atoms with van der Waals surface area (Å²) in [6.45, 7) is 2.51. The predicted octanol–water partition coefficient (Wildman–Crippen LogP) is 5.87. The number of hydrogen-bond acceptors (Lipinski definition) is 5. The molecule has 0 saturated carbocycles. The molecule has 6 nitrogen and oxygen atoms in total. The first-order valence-electron chi connectivity index (χ1n) is 10.1. The molecule has 5 aromatic rings. The Kier molecular flexibility index (Phi) is 5.33. The maximum Gasteiger partial charge on any atom is 0.262 e. The molecule has 0 fully saturated rings. The fraction of sp³-hybridized carbons (Fsp3) is 0.0800. The van der Waals surface area contributed by atoms with Gasteiger partial charge in [0.2, 0.25) is 5.82 Å². The molecule has 0 aliphatic heterocycles. The second-order valence-electron chi connectivity index (χ2n) is 7.12. The van der Waals surface area contributed by atoms with E-state index in [1.54, 1.807) is 16.8 Å². The molecule has 158 valence electrons. The van der Waals surface area contributed by atoms with Crippen molar-refractivity contribution in [3.8, 4) is 34.3 Å². The number of nitrogens with zero attached hydrogens (tertiary/aromatic N) is 3. The van der Waals surface area contributed by atoms with Crippen molar-refractivity contribution in [3.05, 3.63) is 93.8 Å². The van der Waals surface area contributed by atoms with E-state index in [0.29, 0.717) is 29.3 Å². The summed E-state index contributed by atoms with van der Waals surface area (Å²) in [6.07, 6.45) is 1.75. The van der Waals surface area contributed by atoms with Crippen LogP contribution in [0.15, 0.2) is 92.8 Å². The van der Waals surface area contributed by atoms with Gasteiger partial charge in [0.15, 0.2) is 0 Å². The Morgan fingerprint density at radius 3 is 2.53 bits per heavy atom. The summed E-state index contributed by atoms with van der Waals surface area (Å²) in [6, 6.07) is 22.5. The summed E-state index contributed by atoms with van der Waals surface area (Å²) in [4.78, 5) is 17.9. The molecule has 0 atom stereocenters. The van der Waals surface area contributed by atoms with Crippen molar-refractivity contribution < 1.29 is 9.26 Å². The maximum atomic E-state index is 13.2. The van der Waals surface area contributed by atoms with Gasteiger partial charge in [0.25, 0.3) is 11.4 Å². The van der Waals surface area contributed by atoms with Crippen molar-refractivity contribution >= 4 is 26.7 Å². The van der Waals surface area contributed by atoms with Gasteiger partial charge in [-0.1, -0.05) is 51.4 Å². The molecule has 7 heteroatoms. The molecule has 0 radical (unpaired) electrons. The molecular weight excluding hydrogens is 470 g/mol. The van der Waals surface area contributed by atoms with Gasteiger partial charge in [0.05, 0.1) is 12.2 Å². The molecule has 0 amide bonds. The molecule has 0 aliphatic rings. The van der Waals surface area contributed by atoms with Crippen molar-refractivity contribution in [2.45, 2.75) is 6.92 Å². The van der Waals surface area contributed by atoms with Gasteiger partial charge in [0.1, 0.15) is 5.75 Å². The number of pyridine rings is 1. The van der Waals surface area contributed by atoms with Gasteiger partial charge in [-0.25, -0.2) is 0 Å². The van der Waals surface area contributed by atoms with Crippen LogP contribution in [0, 0.1) is 0 Å². The van der Waals surface area contributed by atoms with E-state index in [-0.39, 0.29) is 5.56 Å². The molecule has 0 N–H and O–H groups in total. The van der Waals surface area contributed by atoms with E-state index in [1.807, 2.05) is 73.7 Å². The average Bonchev–Trinajstić information content (AvgIpc) is 3.31. The number of benzene rings is 3. The van der Waals surface area contributed by atoms with Crippen molar-refractivity contribution in [2.24, 2.45) is 0 Å². The third-order valence-corrected chi connectivity index (χ3v) is 5.58. The first-order valence-corrected chi connectivity index (χ1v) is 10.9. The summed E-state index contributed by atoms with van der Waals surface area (Å²) in [7, 11) is 0. The van der Waals surface area contributed by atoms with E-state index < -0.39 is 0 Å². The Bertz CT molecular complexity index is 1470. The van der Waals surface area contributed by atoms with Gasteiger partial charge in [-0.05, 0) is 49.4 Å². The van der Waals surface area contributed by atoms with Gasteiger partial charge in [0, 0.05) is 32.7 Å². The number of aromatic nitrogens is 3. The maximum absolute atomic E-state index is 13.2. The quantitative estimate of drug-likeness (QED) is 0.310. The standard InChI is InChI=1S/C25H18BrN3O3/c1-2-31-19-12-10-18(11-13-19)29-15-22(20-8-3-4-9-21(20)25(29)30)24-27-23(28-32-24)16-6-5-7-17(26)14-16/h3-15H,2H2,1H3. The molecule has 2 heterocycles. The summed E-state index contributed by atoms with van der Waals surface area (Å²) in [5.41, 5.74) is 2.11. The molecule has 0 bridgehead atoms. The van der Waals surface area contributed by atoms with Gasteiger partial charge in [-0.15, -0.1) is 0 Å². The number of hydrogen-bond donors (Lipinski definition) is 0. The lowest BCUT2D eigenvalue weighted by molar-refractivity contribution is 0.340. The van der Waals surface area contributed by atoms with E-state index in [0.717, 1.165) is 26.9 Å². The van der Waals surface area contributed by atoms with Crippen LogP contribution in [-0.4, -0.2) is 21.3 Å². The van der Waals surface area contributed by atoms with Crippen LogP contribution in [0.4, 0.5) is 0 Å². The monoisotopic (exact) mass is 487 g/mol. The van der Waals surface area contributed by atoms with E-state index in [1.165, 1.54) is 0 Å². The molecule has 2 aromatic heterocycles. The number of ether oxygens (including phenoxy) is 1. The Labute approximate surface area is 192 Å². The summed E-state index contributed by atoms with van der Waals surface area (Å²) >= 11 is 3.47. The predicted molar refractivity (Wildman–Crippen MR) is 127 cm³/mol. The highest BCUT2D eigenvalue weighted by atomic mass is 79.9. The SMILES string of the molecule is CCOc1ccc(-n2cc(-c3nc(-c4cccc(Br)c4)no3)c3ccccc3c2=O)cc1. The van der Waals surface area contributed by atoms with Gasteiger partial charge >= 0.3 is 0 Å². The molecule has 3 aromatic carbocycles. The minimum atomic E-state index is -0.125. The van der Waals surface area contributed by atoms with Crippen LogP contribution in [0.25, 0.3) is 39.3 Å². The molecule has 32 heavy (non-hydrogen) atoms. The minimum Gasteiger partial charge on any atom is -0.494 e. The average molecular weight is 488 g/mol. The normalized spacial score (nSPS) is 11.1. The zero-order chi connectivity index (χ0) is 22.1. The highest BCUT2D eigenvalue weighted by Gasteiger charge is 2.17. The van der Waals surface area contributed by atoms with Crippen LogP contribution in [0.1, 0.15) is 6.92 Å². The zero-order valence-corrected chi connectivity index (χ0v) is 18.7. The first kappa shape index (κ1) is 20.2. The van der Waals surface area contributed by atoms with Crippen LogP contribution < -0.4 is 10.3 Å². The van der Waals surface area contributed by atoms with Crippen molar-refractivity contribution in [1.82, 2.24) is 14.7 Å². The fourth-order valence-corrected chi connectivity index (χ4v) is 4.00. The molecule has 0 spiro atoms. The summed E-state index contributed by atoms with van der Waals surface area (Å²) in [5.74, 6) is 1.57. The summed E-state index contributed by atoms with van der Waals surface area (Å²) in [5, 5.41) is 5.48. The minimum absolute atomic E-state index is 0.125. The molecule has 0 aliphatic carbocycles. The van der Waals surface area contributed by atoms with E-state index in [9.17, 15) is 4.79 Å². The topological polar surface area (TPSA) is 70.2 Å². The van der Waals surface area contributed by atoms with Gasteiger partial charge in [-0.3, -0.25) is 9.36 Å². The van der Waals surface area contributed by atoms with Crippen molar-refractivity contribution in [2.75, 3.05) is 6.61 Å².